The maximum absolute atomic E-state index is 13.4. The van der Waals surface area contributed by atoms with Crippen LogP contribution in [0.2, 0.25) is 0 Å². The molecular weight excluding hydrogens is 325 g/mol. The smallest absolute Gasteiger partial charge is 0.338 e. The van der Waals surface area contributed by atoms with E-state index in [4.69, 9.17) is 9.84 Å². The largest absolute Gasteiger partial charge is 0.478 e. The number of hydrogen-bond acceptors (Lipinski definition) is 4. The summed E-state index contributed by atoms with van der Waals surface area (Å²) in [4.78, 5) is 10.6. The van der Waals surface area contributed by atoms with Crippen molar-refractivity contribution in [1.82, 2.24) is 0 Å². The lowest BCUT2D eigenvalue weighted by atomic mass is 10.2. The number of anilines is 1. The van der Waals surface area contributed by atoms with Crippen molar-refractivity contribution >= 4 is 21.7 Å². The summed E-state index contributed by atoms with van der Waals surface area (Å²) >= 11 is 0. The summed E-state index contributed by atoms with van der Waals surface area (Å²) in [5, 5.41) is 8.89. The molecule has 2 aromatic rings. The van der Waals surface area contributed by atoms with E-state index < -0.39 is 27.4 Å². The van der Waals surface area contributed by atoms with E-state index in [-0.39, 0.29) is 11.5 Å². The zero-order valence-corrected chi connectivity index (χ0v) is 12.9. The van der Waals surface area contributed by atoms with Crippen molar-refractivity contribution in [3.63, 3.8) is 0 Å². The number of hydrogen-bond donors (Lipinski definition) is 2. The molecule has 8 heteroatoms. The van der Waals surface area contributed by atoms with Crippen molar-refractivity contribution in [1.29, 1.82) is 0 Å². The second-order valence-electron chi connectivity index (χ2n) is 4.64. The molecule has 0 spiro atoms. The summed E-state index contributed by atoms with van der Waals surface area (Å²) in [6.07, 6.45) is 0. The van der Waals surface area contributed by atoms with E-state index in [1.807, 2.05) is 0 Å². The maximum atomic E-state index is 13.4. The molecule has 0 fully saturated rings. The van der Waals surface area contributed by atoms with E-state index in [0.717, 1.165) is 18.2 Å². The van der Waals surface area contributed by atoms with Gasteiger partial charge in [0.25, 0.3) is 10.0 Å². The summed E-state index contributed by atoms with van der Waals surface area (Å²) in [5.41, 5.74) is 0.202. The fourth-order valence-electron chi connectivity index (χ4n) is 1.94. The average molecular weight is 339 g/mol. The molecule has 23 heavy (non-hydrogen) atoms. The molecule has 0 radical (unpaired) electrons. The molecule has 2 rings (SSSR count). The van der Waals surface area contributed by atoms with Crippen LogP contribution in [0.25, 0.3) is 0 Å². The predicted molar refractivity (Wildman–Crippen MR) is 81.3 cm³/mol. The predicted octanol–water partition coefficient (Wildman–Crippen LogP) is 2.47. The SMILES string of the molecule is COCc1ccccc1NS(=O)(=O)c1ccc(F)c(C(=O)O)c1. The van der Waals surface area contributed by atoms with E-state index in [1.165, 1.54) is 7.11 Å². The molecule has 0 aliphatic heterocycles. The minimum absolute atomic E-state index is 0.197. The molecule has 0 aliphatic carbocycles. The highest BCUT2D eigenvalue weighted by molar-refractivity contribution is 7.92. The van der Waals surface area contributed by atoms with Gasteiger partial charge in [0, 0.05) is 12.7 Å². The first-order valence-corrected chi connectivity index (χ1v) is 7.96. The zero-order chi connectivity index (χ0) is 17.0. The van der Waals surface area contributed by atoms with Gasteiger partial charge in [-0.05, 0) is 24.3 Å². The van der Waals surface area contributed by atoms with Crippen LogP contribution in [0.15, 0.2) is 47.4 Å². The number of para-hydroxylation sites is 1. The minimum atomic E-state index is -4.06. The summed E-state index contributed by atoms with van der Waals surface area (Å²) in [5.74, 6) is -2.55. The van der Waals surface area contributed by atoms with Crippen LogP contribution >= 0.6 is 0 Å². The van der Waals surface area contributed by atoms with Crippen molar-refractivity contribution in [2.24, 2.45) is 0 Å². The lowest BCUT2D eigenvalue weighted by Crippen LogP contribution is -2.15. The molecule has 0 atom stereocenters. The van der Waals surface area contributed by atoms with Gasteiger partial charge in [-0.15, -0.1) is 0 Å². The molecule has 0 saturated heterocycles. The van der Waals surface area contributed by atoms with E-state index >= 15 is 0 Å². The number of rotatable bonds is 6. The molecule has 0 aromatic heterocycles. The van der Waals surface area contributed by atoms with Gasteiger partial charge in [-0.3, -0.25) is 4.72 Å². The van der Waals surface area contributed by atoms with Gasteiger partial charge in [0.1, 0.15) is 5.82 Å². The Balaban J connectivity index is 2.40. The van der Waals surface area contributed by atoms with Crippen LogP contribution in [0.3, 0.4) is 0 Å². The van der Waals surface area contributed by atoms with Crippen LogP contribution in [0.1, 0.15) is 15.9 Å². The molecule has 6 nitrogen and oxygen atoms in total. The van der Waals surface area contributed by atoms with Gasteiger partial charge in [0.2, 0.25) is 0 Å². The van der Waals surface area contributed by atoms with Crippen LogP contribution in [-0.4, -0.2) is 26.6 Å². The summed E-state index contributed by atoms with van der Waals surface area (Å²) in [6, 6.07) is 9.19. The normalized spacial score (nSPS) is 11.2. The first kappa shape index (κ1) is 16.9. The van der Waals surface area contributed by atoms with Gasteiger partial charge >= 0.3 is 5.97 Å². The minimum Gasteiger partial charge on any atom is -0.478 e. The number of halogens is 1. The quantitative estimate of drug-likeness (QED) is 0.843. The molecule has 0 amide bonds. The summed E-state index contributed by atoms with van der Waals surface area (Å²) in [6.45, 7) is 0.197. The van der Waals surface area contributed by atoms with Crippen molar-refractivity contribution in [3.05, 3.63) is 59.4 Å². The molecule has 2 aromatic carbocycles. The van der Waals surface area contributed by atoms with Gasteiger partial charge in [-0.1, -0.05) is 18.2 Å². The topological polar surface area (TPSA) is 92.7 Å². The second-order valence-corrected chi connectivity index (χ2v) is 6.32. The van der Waals surface area contributed by atoms with E-state index in [2.05, 4.69) is 4.72 Å². The third-order valence-electron chi connectivity index (χ3n) is 3.04. The van der Waals surface area contributed by atoms with Gasteiger partial charge in [0.05, 0.1) is 22.8 Å². The highest BCUT2D eigenvalue weighted by Crippen LogP contribution is 2.22. The molecule has 122 valence electrons. The van der Waals surface area contributed by atoms with Crippen LogP contribution in [0.4, 0.5) is 10.1 Å². The summed E-state index contributed by atoms with van der Waals surface area (Å²) in [7, 11) is -2.59. The molecule has 0 unspecified atom stereocenters. The van der Waals surface area contributed by atoms with Crippen molar-refractivity contribution in [2.75, 3.05) is 11.8 Å². The van der Waals surface area contributed by atoms with Gasteiger partial charge in [0.15, 0.2) is 0 Å². The van der Waals surface area contributed by atoms with Crippen molar-refractivity contribution < 1.29 is 27.4 Å². The third-order valence-corrected chi connectivity index (χ3v) is 4.40. The number of carboxylic acid groups (broad SMARTS) is 1. The Bertz CT molecular complexity index is 836. The van der Waals surface area contributed by atoms with Crippen LogP contribution < -0.4 is 4.72 Å². The van der Waals surface area contributed by atoms with Crippen LogP contribution in [0.5, 0.6) is 0 Å². The van der Waals surface area contributed by atoms with E-state index in [1.54, 1.807) is 24.3 Å². The number of aromatic carboxylic acids is 1. The molecule has 0 bridgehead atoms. The number of sulfonamides is 1. The Morgan fingerprint density at radius 2 is 1.96 bits per heavy atom. The Labute approximate surface area is 132 Å². The second kappa shape index (κ2) is 6.76. The Hall–Kier alpha value is -2.45. The third kappa shape index (κ3) is 3.85. The van der Waals surface area contributed by atoms with Gasteiger partial charge in [-0.2, -0.15) is 0 Å². The fourth-order valence-corrected chi connectivity index (χ4v) is 3.07. The first-order chi connectivity index (χ1) is 10.8. The van der Waals surface area contributed by atoms with Crippen molar-refractivity contribution in [3.8, 4) is 0 Å². The Morgan fingerprint density at radius 3 is 2.61 bits per heavy atom. The van der Waals surface area contributed by atoms with Crippen molar-refractivity contribution in [2.45, 2.75) is 11.5 Å². The monoisotopic (exact) mass is 339 g/mol. The Kier molecular flexibility index (Phi) is 4.97. The molecular formula is C15H14FNO5S. The van der Waals surface area contributed by atoms with Crippen LogP contribution in [-0.2, 0) is 21.4 Å². The highest BCUT2D eigenvalue weighted by Gasteiger charge is 2.20. The van der Waals surface area contributed by atoms with Gasteiger partial charge in [-0.25, -0.2) is 17.6 Å². The number of ether oxygens (including phenoxy) is 1. The number of nitrogens with one attached hydrogen (secondary N) is 1. The Morgan fingerprint density at radius 1 is 1.26 bits per heavy atom. The number of benzene rings is 2. The zero-order valence-electron chi connectivity index (χ0n) is 12.1. The highest BCUT2D eigenvalue weighted by atomic mass is 32.2. The van der Waals surface area contributed by atoms with Crippen LogP contribution in [0, 0.1) is 5.82 Å². The van der Waals surface area contributed by atoms with E-state index in [0.29, 0.717) is 11.3 Å². The lowest BCUT2D eigenvalue weighted by molar-refractivity contribution is 0.0691. The average Bonchev–Trinajstić information content (AvgIpc) is 2.49. The van der Waals surface area contributed by atoms with Gasteiger partial charge < -0.3 is 9.84 Å². The first-order valence-electron chi connectivity index (χ1n) is 6.47. The standard InChI is InChI=1S/C15H14FNO5S/c1-22-9-10-4-2-3-5-14(10)17-23(20,21)11-6-7-13(16)12(8-11)15(18)19/h2-8,17H,9H2,1H3,(H,18,19). The molecule has 0 aliphatic rings. The lowest BCUT2D eigenvalue weighted by Gasteiger charge is -2.12. The molecule has 2 N–H and O–H groups in total. The molecule has 0 saturated carbocycles. The molecule has 0 heterocycles. The number of methoxy groups -OCH3 is 1. The van der Waals surface area contributed by atoms with E-state index in [9.17, 15) is 17.6 Å². The summed E-state index contributed by atoms with van der Waals surface area (Å²) < 4.78 is 45.5. The number of carbonyl (C=O) groups is 1. The maximum Gasteiger partial charge on any atom is 0.338 e. The number of carboxylic acids is 1. The fraction of sp³-hybridized carbons (Fsp3) is 0.133.